The number of fused-ring (bicyclic) bond motifs is 1. The van der Waals surface area contributed by atoms with Gasteiger partial charge in [0.25, 0.3) is 11.8 Å². The molecule has 8 heteroatoms. The van der Waals surface area contributed by atoms with Gasteiger partial charge in [-0.3, -0.25) is 15.0 Å². The number of aryl methyl sites for hydroxylation is 1. The predicted octanol–water partition coefficient (Wildman–Crippen LogP) is 4.83. The fourth-order valence-corrected chi connectivity index (χ4v) is 5.63. The Balaban J connectivity index is 1.54. The second-order valence-electron chi connectivity index (χ2n) is 6.24. The minimum atomic E-state index is -0.345. The van der Waals surface area contributed by atoms with Crippen LogP contribution in [0.5, 0.6) is 0 Å². The highest BCUT2D eigenvalue weighted by atomic mass is 35.5. The average molecular weight is 435 g/mol. The monoisotopic (exact) mass is 434 g/mol. The number of carbonyl (C=O) groups is 2. The van der Waals surface area contributed by atoms with Gasteiger partial charge in [0.2, 0.25) is 0 Å². The van der Waals surface area contributed by atoms with Crippen molar-refractivity contribution in [3.05, 3.63) is 61.1 Å². The van der Waals surface area contributed by atoms with Gasteiger partial charge in [-0.05, 0) is 61.2 Å². The first kappa shape index (κ1) is 18.7. The van der Waals surface area contributed by atoms with Crippen LogP contribution in [0.25, 0.3) is 6.08 Å². The van der Waals surface area contributed by atoms with E-state index >= 15 is 0 Å². The molecule has 1 aromatic carbocycles. The van der Waals surface area contributed by atoms with Crippen molar-refractivity contribution in [2.75, 3.05) is 0 Å². The fraction of sp³-hybridized carbons (Fsp3) is 0.211. The third kappa shape index (κ3) is 3.69. The smallest absolute Gasteiger partial charge is 0.267 e. The zero-order valence-corrected chi connectivity index (χ0v) is 17.4. The second-order valence-corrected chi connectivity index (χ2v) is 9.28. The van der Waals surface area contributed by atoms with Crippen molar-refractivity contribution >= 4 is 69.1 Å². The Hall–Kier alpha value is -1.67. The van der Waals surface area contributed by atoms with Crippen molar-refractivity contribution < 1.29 is 9.59 Å². The predicted molar refractivity (Wildman–Crippen MR) is 115 cm³/mol. The van der Waals surface area contributed by atoms with E-state index in [0.717, 1.165) is 53.6 Å². The number of thioether (sulfide) groups is 1. The maximum Gasteiger partial charge on any atom is 0.285 e. The summed E-state index contributed by atoms with van der Waals surface area (Å²) in [5.41, 5.74) is 5.17. The number of hydrogen-bond acceptors (Lipinski definition) is 5. The van der Waals surface area contributed by atoms with Crippen LogP contribution in [0.3, 0.4) is 0 Å². The van der Waals surface area contributed by atoms with Crippen LogP contribution in [0.1, 0.15) is 39.2 Å². The number of hydrazine groups is 1. The summed E-state index contributed by atoms with van der Waals surface area (Å²) in [6, 6.07) is 7.26. The lowest BCUT2D eigenvalue weighted by molar-refractivity contribution is -0.123. The number of benzene rings is 1. The van der Waals surface area contributed by atoms with Gasteiger partial charge in [0.05, 0.1) is 10.5 Å². The maximum absolute atomic E-state index is 12.7. The highest BCUT2D eigenvalue weighted by Crippen LogP contribution is 2.34. The lowest BCUT2D eigenvalue weighted by Gasteiger charge is -2.17. The van der Waals surface area contributed by atoms with Crippen LogP contribution >= 0.6 is 46.9 Å². The van der Waals surface area contributed by atoms with Gasteiger partial charge in [0.15, 0.2) is 4.32 Å². The Labute approximate surface area is 175 Å². The highest BCUT2D eigenvalue weighted by molar-refractivity contribution is 8.26. The standard InChI is InChI=1S/C19H15ClN2O2S3/c20-14-7-3-1-5-11(14)9-16-18(24)22(19(25)27-16)21-17(23)13-10-26-15-8-4-2-6-12(13)15/h1,3,5,7,9-10H,2,4,6,8H2,(H,21,23). The summed E-state index contributed by atoms with van der Waals surface area (Å²) in [5, 5.41) is 3.58. The van der Waals surface area contributed by atoms with E-state index < -0.39 is 0 Å². The summed E-state index contributed by atoms with van der Waals surface area (Å²) in [7, 11) is 0. The molecule has 2 aromatic rings. The van der Waals surface area contributed by atoms with E-state index in [2.05, 4.69) is 5.43 Å². The summed E-state index contributed by atoms with van der Waals surface area (Å²) >= 11 is 14.2. The number of amides is 2. The minimum absolute atomic E-state index is 0.287. The highest BCUT2D eigenvalue weighted by Gasteiger charge is 2.34. The van der Waals surface area contributed by atoms with Gasteiger partial charge in [-0.1, -0.05) is 41.6 Å². The summed E-state index contributed by atoms with van der Waals surface area (Å²) in [4.78, 5) is 27.2. The molecule has 1 saturated heterocycles. The SMILES string of the molecule is O=C(NN1C(=O)C(=Cc2ccccc2Cl)SC1=S)c1csc2c1CCCC2. The van der Waals surface area contributed by atoms with Crippen LogP contribution in [0, 0.1) is 0 Å². The topological polar surface area (TPSA) is 49.4 Å². The molecule has 4 rings (SSSR count). The van der Waals surface area contributed by atoms with Crippen molar-refractivity contribution in [3.63, 3.8) is 0 Å². The van der Waals surface area contributed by atoms with E-state index in [1.54, 1.807) is 23.5 Å². The quantitative estimate of drug-likeness (QED) is 0.555. The number of carbonyl (C=O) groups excluding carboxylic acids is 2. The van der Waals surface area contributed by atoms with E-state index in [1.165, 1.54) is 4.88 Å². The van der Waals surface area contributed by atoms with Crippen molar-refractivity contribution in [1.29, 1.82) is 0 Å². The van der Waals surface area contributed by atoms with E-state index in [0.29, 0.717) is 19.8 Å². The molecule has 0 unspecified atom stereocenters. The Bertz CT molecular complexity index is 983. The minimum Gasteiger partial charge on any atom is -0.267 e. The Morgan fingerprint density at radius 1 is 1.26 bits per heavy atom. The van der Waals surface area contributed by atoms with Gasteiger partial charge >= 0.3 is 0 Å². The molecule has 0 radical (unpaired) electrons. The summed E-state index contributed by atoms with van der Waals surface area (Å²) in [5.74, 6) is -0.632. The van der Waals surface area contributed by atoms with Gasteiger partial charge in [-0.15, -0.1) is 11.3 Å². The summed E-state index contributed by atoms with van der Waals surface area (Å²) in [6.45, 7) is 0. The second kappa shape index (κ2) is 7.75. The molecule has 1 aromatic heterocycles. The van der Waals surface area contributed by atoms with Crippen molar-refractivity contribution in [2.24, 2.45) is 0 Å². The van der Waals surface area contributed by atoms with Crippen LogP contribution in [0.15, 0.2) is 34.6 Å². The molecule has 1 aliphatic carbocycles. The van der Waals surface area contributed by atoms with E-state index in [-0.39, 0.29) is 11.8 Å². The molecule has 27 heavy (non-hydrogen) atoms. The third-order valence-corrected chi connectivity index (χ3v) is 7.24. The van der Waals surface area contributed by atoms with Crippen LogP contribution in [-0.4, -0.2) is 21.1 Å². The van der Waals surface area contributed by atoms with Gasteiger partial charge in [-0.2, -0.15) is 5.01 Å². The lowest BCUT2D eigenvalue weighted by atomic mass is 9.96. The Morgan fingerprint density at radius 2 is 2.04 bits per heavy atom. The first-order valence-electron chi connectivity index (χ1n) is 8.47. The maximum atomic E-state index is 12.7. The van der Waals surface area contributed by atoms with Crippen LogP contribution in [0.2, 0.25) is 5.02 Å². The molecule has 4 nitrogen and oxygen atoms in total. The molecule has 2 amide bonds. The van der Waals surface area contributed by atoms with E-state index in [9.17, 15) is 9.59 Å². The Kier molecular flexibility index (Phi) is 5.36. The number of thiophene rings is 1. The van der Waals surface area contributed by atoms with Gasteiger partial charge in [0, 0.05) is 15.3 Å². The van der Waals surface area contributed by atoms with E-state index in [4.69, 9.17) is 23.8 Å². The first-order chi connectivity index (χ1) is 13.0. The fourth-order valence-electron chi connectivity index (χ4n) is 3.14. The van der Waals surface area contributed by atoms with Crippen LogP contribution < -0.4 is 5.43 Å². The first-order valence-corrected chi connectivity index (χ1v) is 11.0. The number of halogens is 1. The molecule has 0 saturated carbocycles. The lowest BCUT2D eigenvalue weighted by Crippen LogP contribution is -2.45. The molecule has 1 fully saturated rings. The summed E-state index contributed by atoms with van der Waals surface area (Å²) < 4.78 is 0.302. The zero-order valence-electron chi connectivity index (χ0n) is 14.2. The number of nitrogens with one attached hydrogen (secondary N) is 1. The molecule has 1 N–H and O–H groups in total. The third-order valence-electron chi connectivity index (χ3n) is 4.50. The molecule has 0 bridgehead atoms. The number of thiocarbonyl (C=S) groups is 1. The largest absolute Gasteiger partial charge is 0.285 e. The molecule has 2 aliphatic rings. The molecular weight excluding hydrogens is 420 g/mol. The molecule has 138 valence electrons. The van der Waals surface area contributed by atoms with Crippen molar-refractivity contribution in [1.82, 2.24) is 10.4 Å². The number of hydrogen-bond donors (Lipinski definition) is 1. The normalized spacial score (nSPS) is 18.1. The van der Waals surface area contributed by atoms with Crippen molar-refractivity contribution in [3.8, 4) is 0 Å². The van der Waals surface area contributed by atoms with Gasteiger partial charge < -0.3 is 0 Å². The molecule has 1 aliphatic heterocycles. The van der Waals surface area contributed by atoms with E-state index in [1.807, 2.05) is 23.6 Å². The van der Waals surface area contributed by atoms with Crippen LogP contribution in [-0.2, 0) is 17.6 Å². The molecule has 0 atom stereocenters. The number of rotatable bonds is 3. The number of nitrogens with zero attached hydrogens (tertiary/aromatic N) is 1. The zero-order chi connectivity index (χ0) is 19.0. The summed E-state index contributed by atoms with van der Waals surface area (Å²) in [6.07, 6.45) is 5.88. The van der Waals surface area contributed by atoms with Gasteiger partial charge in [0.1, 0.15) is 0 Å². The van der Waals surface area contributed by atoms with Gasteiger partial charge in [-0.25, -0.2) is 0 Å². The molecule has 2 heterocycles. The molecular formula is C19H15ClN2O2S3. The van der Waals surface area contributed by atoms with Crippen molar-refractivity contribution in [2.45, 2.75) is 25.7 Å². The average Bonchev–Trinajstić information content (AvgIpc) is 3.20. The molecule has 0 spiro atoms. The van der Waals surface area contributed by atoms with Crippen LogP contribution in [0.4, 0.5) is 0 Å². The Morgan fingerprint density at radius 3 is 2.85 bits per heavy atom.